The van der Waals surface area contributed by atoms with Crippen LogP contribution < -0.4 is 21.3 Å². The van der Waals surface area contributed by atoms with Gasteiger partial charge in [-0.3, -0.25) is 25.0 Å². The van der Waals surface area contributed by atoms with Crippen molar-refractivity contribution in [3.05, 3.63) is 0 Å². The molecule has 0 aromatic heterocycles. The summed E-state index contributed by atoms with van der Waals surface area (Å²) < 4.78 is 5.38. The average Bonchev–Trinajstić information content (AvgIpc) is 3.41. The minimum absolute atomic E-state index is 0.0107. The van der Waals surface area contributed by atoms with E-state index in [4.69, 9.17) is 4.74 Å². The van der Waals surface area contributed by atoms with Crippen LogP contribution in [-0.2, 0) is 19.1 Å². The monoisotopic (exact) mass is 485 g/mol. The molecule has 4 N–H and O–H groups in total. The Hall–Kier alpha value is -1.50. The van der Waals surface area contributed by atoms with Gasteiger partial charge in [0.15, 0.2) is 0 Å². The van der Waals surface area contributed by atoms with Crippen LogP contribution in [-0.4, -0.2) is 88.8 Å². The summed E-state index contributed by atoms with van der Waals surface area (Å²) in [7, 11) is 0. The number of likely N-dealkylation sites (tertiary alicyclic amines) is 1. The first kappa shape index (κ1) is 23.7. The zero-order valence-electron chi connectivity index (χ0n) is 18.1. The molecule has 4 rings (SSSR count). The van der Waals surface area contributed by atoms with E-state index in [0.29, 0.717) is 37.6 Å². The molecule has 0 spiro atoms. The summed E-state index contributed by atoms with van der Waals surface area (Å²) in [6.45, 7) is 4.43. The Labute approximate surface area is 196 Å². The molecule has 4 heterocycles. The van der Waals surface area contributed by atoms with Crippen molar-refractivity contribution in [2.45, 2.75) is 60.8 Å². The van der Waals surface area contributed by atoms with Gasteiger partial charge in [-0.2, -0.15) is 0 Å². The predicted octanol–water partition coefficient (Wildman–Crippen LogP) is -0.161. The highest BCUT2D eigenvalue weighted by Gasteiger charge is 2.42. The second-order valence-corrected chi connectivity index (χ2v) is 11.2. The highest BCUT2D eigenvalue weighted by atomic mass is 32.2. The lowest BCUT2D eigenvalue weighted by Crippen LogP contribution is -2.51. The fourth-order valence-corrected chi connectivity index (χ4v) is 7.34. The number of piperidine rings is 2. The molecule has 4 aliphatic heterocycles. The summed E-state index contributed by atoms with van der Waals surface area (Å²) >= 11 is 3.18. The lowest BCUT2D eigenvalue weighted by Gasteiger charge is -2.30. The van der Waals surface area contributed by atoms with Gasteiger partial charge in [0.25, 0.3) is 0 Å². The molecule has 0 saturated carbocycles. The predicted molar refractivity (Wildman–Crippen MR) is 122 cm³/mol. The van der Waals surface area contributed by atoms with Crippen LogP contribution in [0.2, 0.25) is 0 Å². The number of fused-ring (bicyclic) bond motifs is 1. The smallest absolute Gasteiger partial charge is 0.414 e. The number of carbonyl (C=O) groups excluding carboxylic acids is 4. The third-order valence-electron chi connectivity index (χ3n) is 6.43. The van der Waals surface area contributed by atoms with Crippen LogP contribution in [0.4, 0.5) is 4.79 Å². The number of imide groups is 1. The summed E-state index contributed by atoms with van der Waals surface area (Å²) in [5.41, 5.74) is 0. The van der Waals surface area contributed by atoms with E-state index >= 15 is 0 Å². The normalized spacial score (nSPS) is 32.8. The molecule has 4 fully saturated rings. The maximum absolute atomic E-state index is 12.8. The highest BCUT2D eigenvalue weighted by Crippen LogP contribution is 2.34. The number of rotatable bonds is 4. The molecule has 178 valence electrons. The number of nitrogens with zero attached hydrogens (tertiary/aromatic N) is 1. The molecule has 0 bridgehead atoms. The highest BCUT2D eigenvalue weighted by molar-refractivity contribution is 8.01. The van der Waals surface area contributed by atoms with Crippen molar-refractivity contribution in [1.29, 1.82) is 0 Å². The summed E-state index contributed by atoms with van der Waals surface area (Å²) in [5.74, 6) is -0.261. The van der Waals surface area contributed by atoms with E-state index in [1.807, 2.05) is 0 Å². The third-order valence-corrected chi connectivity index (χ3v) is 9.25. The number of thioether (sulfide) groups is 2. The van der Waals surface area contributed by atoms with E-state index < -0.39 is 17.9 Å². The van der Waals surface area contributed by atoms with Gasteiger partial charge in [0.2, 0.25) is 17.7 Å². The van der Waals surface area contributed by atoms with Gasteiger partial charge in [0.1, 0.15) is 11.5 Å². The van der Waals surface area contributed by atoms with Gasteiger partial charge in [-0.05, 0) is 25.1 Å². The molecule has 10 nitrogen and oxygen atoms in total. The van der Waals surface area contributed by atoms with Gasteiger partial charge < -0.3 is 20.3 Å². The Morgan fingerprint density at radius 1 is 1.06 bits per heavy atom. The zero-order chi connectivity index (χ0) is 22.7. The van der Waals surface area contributed by atoms with Gasteiger partial charge in [-0.1, -0.05) is 0 Å². The first-order valence-corrected chi connectivity index (χ1v) is 13.2. The van der Waals surface area contributed by atoms with Gasteiger partial charge in [0.05, 0.1) is 11.3 Å². The molecule has 12 heteroatoms. The van der Waals surface area contributed by atoms with Crippen molar-refractivity contribution < 1.29 is 23.9 Å². The molecule has 4 amide bonds. The Morgan fingerprint density at radius 2 is 1.84 bits per heavy atom. The Kier molecular flexibility index (Phi) is 7.85. The third kappa shape index (κ3) is 5.70. The van der Waals surface area contributed by atoms with E-state index in [1.165, 1.54) is 18.7 Å². The van der Waals surface area contributed by atoms with E-state index in [0.717, 1.165) is 25.3 Å². The van der Waals surface area contributed by atoms with Gasteiger partial charge in [0, 0.05) is 50.7 Å². The first-order chi connectivity index (χ1) is 15.4. The van der Waals surface area contributed by atoms with Crippen LogP contribution in [0, 0.1) is 5.92 Å². The van der Waals surface area contributed by atoms with Gasteiger partial charge >= 0.3 is 6.09 Å². The molecule has 0 radical (unpaired) electrons. The molecule has 0 aliphatic carbocycles. The van der Waals surface area contributed by atoms with Crippen LogP contribution in [0.25, 0.3) is 0 Å². The molecule has 32 heavy (non-hydrogen) atoms. The largest absolute Gasteiger partial charge is 0.446 e. The van der Waals surface area contributed by atoms with Crippen molar-refractivity contribution in [2.75, 3.05) is 31.9 Å². The Morgan fingerprint density at radius 3 is 2.56 bits per heavy atom. The van der Waals surface area contributed by atoms with Crippen molar-refractivity contribution >= 4 is 47.3 Å². The Balaban J connectivity index is 1.22. The van der Waals surface area contributed by atoms with Crippen molar-refractivity contribution in [3.63, 3.8) is 0 Å². The average molecular weight is 486 g/mol. The second kappa shape index (κ2) is 10.6. The number of hydrogen-bond acceptors (Lipinski definition) is 9. The summed E-state index contributed by atoms with van der Waals surface area (Å²) in [6.07, 6.45) is 1.67. The molecule has 5 atom stereocenters. The van der Waals surface area contributed by atoms with Crippen LogP contribution in [0.5, 0.6) is 0 Å². The van der Waals surface area contributed by atoms with E-state index in [9.17, 15) is 19.2 Å². The minimum atomic E-state index is -0.761. The molecular formula is C20H31N5O5S2. The summed E-state index contributed by atoms with van der Waals surface area (Å²) in [5, 5.41) is 11.8. The van der Waals surface area contributed by atoms with Crippen LogP contribution in [0.1, 0.15) is 32.6 Å². The number of hydrogen-bond donors (Lipinski definition) is 4. The lowest BCUT2D eigenvalue weighted by atomic mass is 10.1. The molecule has 4 aliphatic rings. The summed E-state index contributed by atoms with van der Waals surface area (Å²) in [4.78, 5) is 50.8. The zero-order valence-corrected chi connectivity index (χ0v) is 19.8. The molecule has 0 aromatic carbocycles. The number of nitrogens with one attached hydrogen (secondary N) is 4. The maximum atomic E-state index is 12.8. The number of alkyl carbamates (subject to hydrolysis) is 1. The standard InChI is InChI=1S/C20H31N5O5S2/c1-11(26)25-7-3-12(4-8-25)30-20(29)24-16(27)13-5-9-31-18(13)23-17(28)19-22-14-10-21-6-2-15(14)32-19/h12-15,18-19,21-22H,2-10H2,1H3,(H,23,28)(H,24,27,29). The van der Waals surface area contributed by atoms with Crippen LogP contribution >= 0.6 is 23.5 Å². The second-order valence-electron chi connectivity index (χ2n) is 8.62. The topological polar surface area (TPSA) is 129 Å². The van der Waals surface area contributed by atoms with E-state index in [1.54, 1.807) is 16.7 Å². The lowest BCUT2D eigenvalue weighted by molar-refractivity contribution is -0.130. The number of carbonyl (C=O) groups is 4. The fourth-order valence-electron chi connectivity index (χ4n) is 4.59. The van der Waals surface area contributed by atoms with Crippen molar-refractivity contribution in [2.24, 2.45) is 5.92 Å². The molecule has 5 unspecified atom stereocenters. The first-order valence-electron chi connectivity index (χ1n) is 11.2. The van der Waals surface area contributed by atoms with Crippen LogP contribution in [0.15, 0.2) is 0 Å². The van der Waals surface area contributed by atoms with Crippen molar-refractivity contribution in [3.8, 4) is 0 Å². The molecule has 0 aromatic rings. The molecule has 4 saturated heterocycles. The van der Waals surface area contributed by atoms with Gasteiger partial charge in [-0.25, -0.2) is 4.79 Å². The number of amides is 4. The minimum Gasteiger partial charge on any atom is -0.446 e. The van der Waals surface area contributed by atoms with Gasteiger partial charge in [-0.15, -0.1) is 23.5 Å². The quantitative estimate of drug-likeness (QED) is 0.429. The van der Waals surface area contributed by atoms with E-state index in [2.05, 4.69) is 21.3 Å². The fraction of sp³-hybridized carbons (Fsp3) is 0.800. The molecular weight excluding hydrogens is 454 g/mol. The number of ether oxygens (including phenoxy) is 1. The van der Waals surface area contributed by atoms with Crippen molar-refractivity contribution in [1.82, 2.24) is 26.2 Å². The Bertz CT molecular complexity index is 734. The van der Waals surface area contributed by atoms with E-state index in [-0.39, 0.29) is 34.7 Å². The maximum Gasteiger partial charge on any atom is 0.414 e. The SMILES string of the molecule is CC(=O)N1CCC(OC(=O)NC(=O)C2CCSC2NC(=O)C2NC3CNCCC3S2)CC1. The van der Waals surface area contributed by atoms with Crippen LogP contribution in [0.3, 0.4) is 0 Å². The summed E-state index contributed by atoms with van der Waals surface area (Å²) in [6, 6.07) is 0.289.